The number of hydrogen-bond donors (Lipinski definition) is 1. The normalized spacial score (nSPS) is 16.5. The molecule has 1 aliphatic rings. The smallest absolute Gasteiger partial charge is 0.263 e. The number of carbonyl (C=O) groups is 1. The van der Waals surface area contributed by atoms with E-state index in [0.717, 1.165) is 5.56 Å². The van der Waals surface area contributed by atoms with Gasteiger partial charge in [-0.05, 0) is 12.1 Å². The highest BCUT2D eigenvalue weighted by atomic mass is 32.2. The Morgan fingerprint density at radius 3 is 2.94 bits per heavy atom. The van der Waals surface area contributed by atoms with Crippen molar-refractivity contribution in [3.05, 3.63) is 34.7 Å². The van der Waals surface area contributed by atoms with Crippen molar-refractivity contribution in [1.82, 2.24) is 5.32 Å². The molecule has 1 aliphatic heterocycles. The molecule has 1 heterocycles. The summed E-state index contributed by atoms with van der Waals surface area (Å²) in [5.74, 6) is 0.359. The van der Waals surface area contributed by atoms with E-state index in [1.165, 1.54) is 11.8 Å². The highest BCUT2D eigenvalue weighted by Gasteiger charge is 2.22. The van der Waals surface area contributed by atoms with Crippen molar-refractivity contribution in [3.8, 4) is 11.8 Å². The zero-order valence-electron chi connectivity index (χ0n) is 9.17. The molecule has 6 heteroatoms. The van der Waals surface area contributed by atoms with E-state index in [1.54, 1.807) is 18.2 Å². The standard InChI is InChI=1S/C12H8N2O2S2/c13-5-6-16-9-4-2-1-3-8(9)7-10-11(15)14-12(17)18-10/h1-4,7H,6H2,(H,14,15,17). The molecule has 0 aromatic heterocycles. The van der Waals surface area contributed by atoms with Crippen LogP contribution in [0.1, 0.15) is 5.56 Å². The van der Waals surface area contributed by atoms with Crippen molar-refractivity contribution in [2.24, 2.45) is 0 Å². The number of nitrogens with zero attached hydrogens (tertiary/aromatic N) is 1. The Morgan fingerprint density at radius 1 is 1.50 bits per heavy atom. The van der Waals surface area contributed by atoms with Crippen LogP contribution in [-0.4, -0.2) is 16.8 Å². The monoisotopic (exact) mass is 276 g/mol. The molecule has 0 atom stereocenters. The second-order valence-electron chi connectivity index (χ2n) is 3.34. The summed E-state index contributed by atoms with van der Waals surface area (Å²) < 4.78 is 5.73. The molecule has 1 aromatic carbocycles. The largest absolute Gasteiger partial charge is 0.478 e. The lowest BCUT2D eigenvalue weighted by molar-refractivity contribution is -0.115. The fourth-order valence-corrected chi connectivity index (χ4v) is 2.44. The Labute approximate surface area is 114 Å². The van der Waals surface area contributed by atoms with E-state index in [1.807, 2.05) is 18.2 Å². The van der Waals surface area contributed by atoms with Crippen LogP contribution in [0.3, 0.4) is 0 Å². The van der Waals surface area contributed by atoms with Crippen LogP contribution < -0.4 is 10.1 Å². The van der Waals surface area contributed by atoms with Crippen molar-refractivity contribution in [1.29, 1.82) is 5.26 Å². The SMILES string of the molecule is N#CCOc1ccccc1C=C1SC(=S)NC1=O. The molecule has 1 aromatic rings. The van der Waals surface area contributed by atoms with Gasteiger partial charge in [0.1, 0.15) is 16.1 Å². The van der Waals surface area contributed by atoms with Gasteiger partial charge in [0.15, 0.2) is 6.61 Å². The Hall–Kier alpha value is -1.84. The molecule has 0 radical (unpaired) electrons. The minimum absolute atomic E-state index is 0.0298. The van der Waals surface area contributed by atoms with Gasteiger partial charge in [-0.15, -0.1) is 0 Å². The number of rotatable bonds is 3. The van der Waals surface area contributed by atoms with Crippen LogP contribution in [0.15, 0.2) is 29.2 Å². The predicted molar refractivity (Wildman–Crippen MR) is 73.9 cm³/mol. The molecular formula is C12H8N2O2S2. The molecule has 0 unspecified atom stereocenters. The van der Waals surface area contributed by atoms with Crippen LogP contribution in [0.25, 0.3) is 6.08 Å². The topological polar surface area (TPSA) is 62.1 Å². The second-order valence-corrected chi connectivity index (χ2v) is 5.06. The van der Waals surface area contributed by atoms with E-state index in [-0.39, 0.29) is 12.5 Å². The molecule has 1 fully saturated rings. The van der Waals surface area contributed by atoms with Gasteiger partial charge in [-0.2, -0.15) is 5.26 Å². The zero-order valence-corrected chi connectivity index (χ0v) is 10.8. The molecular weight excluding hydrogens is 268 g/mol. The van der Waals surface area contributed by atoms with Gasteiger partial charge in [0.2, 0.25) is 0 Å². The first-order chi connectivity index (χ1) is 8.70. The number of nitriles is 1. The second kappa shape index (κ2) is 5.67. The first kappa shape index (κ1) is 12.6. The van der Waals surface area contributed by atoms with Gasteiger partial charge in [0.05, 0.1) is 4.91 Å². The van der Waals surface area contributed by atoms with E-state index in [9.17, 15) is 4.79 Å². The first-order valence-corrected chi connectivity index (χ1v) is 6.27. The third-order valence-corrected chi connectivity index (χ3v) is 3.30. The number of amides is 1. The van der Waals surface area contributed by atoms with Crippen LogP contribution in [0.2, 0.25) is 0 Å². The summed E-state index contributed by atoms with van der Waals surface area (Å²) in [4.78, 5) is 12.1. The molecule has 0 spiro atoms. The summed E-state index contributed by atoms with van der Waals surface area (Å²) in [5, 5.41) is 11.0. The van der Waals surface area contributed by atoms with Crippen LogP contribution in [0.4, 0.5) is 0 Å². The lowest BCUT2D eigenvalue weighted by Crippen LogP contribution is -2.17. The Bertz CT molecular complexity index is 576. The van der Waals surface area contributed by atoms with Crippen LogP contribution in [0.5, 0.6) is 5.75 Å². The van der Waals surface area contributed by atoms with Gasteiger partial charge < -0.3 is 10.1 Å². The third-order valence-electron chi connectivity index (χ3n) is 2.14. The van der Waals surface area contributed by atoms with Crippen LogP contribution in [0, 0.1) is 11.3 Å². The molecule has 1 saturated heterocycles. The molecule has 0 saturated carbocycles. The highest BCUT2D eigenvalue weighted by Crippen LogP contribution is 2.29. The van der Waals surface area contributed by atoms with Crippen molar-refractivity contribution >= 4 is 40.3 Å². The number of benzene rings is 1. The zero-order chi connectivity index (χ0) is 13.0. The van der Waals surface area contributed by atoms with Crippen molar-refractivity contribution in [2.75, 3.05) is 6.61 Å². The van der Waals surface area contributed by atoms with Crippen LogP contribution in [-0.2, 0) is 4.79 Å². The van der Waals surface area contributed by atoms with Gasteiger partial charge in [-0.25, -0.2) is 0 Å². The molecule has 90 valence electrons. The van der Waals surface area contributed by atoms with Crippen molar-refractivity contribution in [2.45, 2.75) is 0 Å². The highest BCUT2D eigenvalue weighted by molar-refractivity contribution is 8.26. The van der Waals surface area contributed by atoms with Gasteiger partial charge in [-0.1, -0.05) is 42.2 Å². The Balaban J connectivity index is 2.29. The number of para-hydroxylation sites is 1. The Morgan fingerprint density at radius 2 is 2.28 bits per heavy atom. The van der Waals surface area contributed by atoms with Gasteiger partial charge in [0.25, 0.3) is 5.91 Å². The quantitative estimate of drug-likeness (QED) is 0.676. The average Bonchev–Trinajstić information content (AvgIpc) is 2.67. The Kier molecular flexibility index (Phi) is 3.97. The third kappa shape index (κ3) is 2.88. The molecule has 1 N–H and O–H groups in total. The van der Waals surface area contributed by atoms with E-state index >= 15 is 0 Å². The average molecular weight is 276 g/mol. The van der Waals surface area contributed by atoms with Gasteiger partial charge in [-0.3, -0.25) is 4.79 Å². The predicted octanol–water partition coefficient (Wildman–Crippen LogP) is 2.08. The fraction of sp³-hybridized carbons (Fsp3) is 0.0833. The number of nitrogens with one attached hydrogen (secondary N) is 1. The number of ether oxygens (including phenoxy) is 1. The minimum atomic E-state index is -0.208. The first-order valence-electron chi connectivity index (χ1n) is 5.04. The lowest BCUT2D eigenvalue weighted by atomic mass is 10.2. The summed E-state index contributed by atoms with van der Waals surface area (Å²) in [7, 11) is 0. The van der Waals surface area contributed by atoms with Gasteiger partial charge in [0, 0.05) is 5.56 Å². The minimum Gasteiger partial charge on any atom is -0.478 e. The van der Waals surface area contributed by atoms with E-state index in [2.05, 4.69) is 5.32 Å². The maximum atomic E-state index is 11.5. The number of thiocarbonyl (C=S) groups is 1. The fourth-order valence-electron chi connectivity index (χ4n) is 1.40. The molecule has 4 nitrogen and oxygen atoms in total. The van der Waals surface area contributed by atoms with Crippen molar-refractivity contribution < 1.29 is 9.53 Å². The summed E-state index contributed by atoms with van der Waals surface area (Å²) in [6.45, 7) is -0.0298. The van der Waals surface area contributed by atoms with E-state index in [4.69, 9.17) is 22.2 Å². The van der Waals surface area contributed by atoms with Gasteiger partial charge >= 0.3 is 0 Å². The van der Waals surface area contributed by atoms with E-state index in [0.29, 0.717) is 15.0 Å². The number of carbonyl (C=O) groups excluding carboxylic acids is 1. The molecule has 0 aliphatic carbocycles. The van der Waals surface area contributed by atoms with Crippen molar-refractivity contribution in [3.63, 3.8) is 0 Å². The van der Waals surface area contributed by atoms with E-state index < -0.39 is 0 Å². The lowest BCUT2D eigenvalue weighted by Gasteiger charge is -2.05. The summed E-state index contributed by atoms with van der Waals surface area (Å²) >= 11 is 6.12. The summed E-state index contributed by atoms with van der Waals surface area (Å²) in [6, 6.07) is 9.11. The molecule has 0 bridgehead atoms. The number of thioether (sulfide) groups is 1. The van der Waals surface area contributed by atoms with Crippen LogP contribution >= 0.6 is 24.0 Å². The summed E-state index contributed by atoms with van der Waals surface area (Å²) in [5.41, 5.74) is 0.745. The summed E-state index contributed by atoms with van der Waals surface area (Å²) in [6.07, 6.45) is 1.70. The molecule has 1 amide bonds. The maximum Gasteiger partial charge on any atom is 0.263 e. The molecule has 2 rings (SSSR count). The maximum absolute atomic E-state index is 11.5. The molecule has 18 heavy (non-hydrogen) atoms. The number of hydrogen-bond acceptors (Lipinski definition) is 5.